The number of fused-ring (bicyclic) bond motifs is 3. The van der Waals surface area contributed by atoms with Gasteiger partial charge in [0, 0.05) is 21.9 Å². The van der Waals surface area contributed by atoms with Gasteiger partial charge in [-0.3, -0.25) is 14.5 Å². The third-order valence-electron chi connectivity index (χ3n) is 6.94. The van der Waals surface area contributed by atoms with Crippen molar-refractivity contribution in [3.05, 3.63) is 58.6 Å². The van der Waals surface area contributed by atoms with Crippen LogP contribution in [0.3, 0.4) is 0 Å². The number of halogens is 1. The molecule has 8 heteroatoms. The Kier molecular flexibility index (Phi) is 4.93. The van der Waals surface area contributed by atoms with E-state index in [4.69, 9.17) is 4.74 Å². The highest BCUT2D eigenvalue weighted by molar-refractivity contribution is 9.10. The molecule has 2 aromatic carbocycles. The van der Waals surface area contributed by atoms with Gasteiger partial charge in [-0.15, -0.1) is 0 Å². The lowest BCUT2D eigenvalue weighted by Crippen LogP contribution is -2.54. The molecule has 2 amide bonds. The number of hydrogen-bond donors (Lipinski definition) is 3. The molecule has 0 unspecified atom stereocenters. The highest BCUT2D eigenvalue weighted by Crippen LogP contribution is 2.59. The molecule has 2 aliphatic heterocycles. The van der Waals surface area contributed by atoms with Gasteiger partial charge in [0.2, 0.25) is 11.8 Å². The average molecular weight is 488 g/mol. The topological polar surface area (TPSA) is 107 Å². The zero-order chi connectivity index (χ0) is 21.9. The summed E-state index contributed by atoms with van der Waals surface area (Å²) in [7, 11) is 0. The van der Waals surface area contributed by atoms with E-state index in [0.717, 1.165) is 4.47 Å². The fourth-order valence-electron chi connectivity index (χ4n) is 5.50. The minimum atomic E-state index is -1.77. The molecule has 3 N–H and O–H groups in total. The second kappa shape index (κ2) is 7.41. The number of ether oxygens (including phenoxy) is 1. The van der Waals surface area contributed by atoms with Crippen LogP contribution in [0.4, 0.5) is 5.69 Å². The lowest BCUT2D eigenvalue weighted by Gasteiger charge is -2.44. The first-order valence-electron chi connectivity index (χ1n) is 10.3. The molecule has 3 fully saturated rings. The summed E-state index contributed by atoms with van der Waals surface area (Å²) in [5.41, 5.74) is 0.984. The number of anilines is 1. The maximum absolute atomic E-state index is 13.4. The minimum absolute atomic E-state index is 0.0206. The molecule has 0 aromatic heterocycles. The van der Waals surface area contributed by atoms with Crippen LogP contribution in [0.5, 0.6) is 5.75 Å². The molecule has 2 saturated heterocycles. The van der Waals surface area contributed by atoms with E-state index in [9.17, 15) is 24.9 Å². The van der Waals surface area contributed by atoms with Crippen molar-refractivity contribution in [2.24, 2.45) is 23.7 Å². The largest absolute Gasteiger partial charge is 0.508 e. The molecule has 3 aliphatic rings. The third kappa shape index (κ3) is 3.04. The molecule has 6 atom stereocenters. The number of hydrogen-bond acceptors (Lipinski definition) is 6. The monoisotopic (exact) mass is 487 g/mol. The number of benzene rings is 2. The molecule has 0 radical (unpaired) electrons. The predicted molar refractivity (Wildman–Crippen MR) is 114 cm³/mol. The van der Waals surface area contributed by atoms with Crippen LogP contribution in [-0.4, -0.2) is 39.5 Å². The molecule has 7 nitrogen and oxygen atoms in total. The number of amides is 2. The maximum atomic E-state index is 13.4. The fourth-order valence-corrected chi connectivity index (χ4v) is 5.88. The van der Waals surface area contributed by atoms with E-state index in [1.807, 2.05) is 6.07 Å². The maximum Gasteiger partial charge on any atom is 0.238 e. The molecule has 1 saturated carbocycles. The molecule has 162 valence electrons. The van der Waals surface area contributed by atoms with E-state index >= 15 is 0 Å². The summed E-state index contributed by atoms with van der Waals surface area (Å²) in [4.78, 5) is 27.8. The first-order valence-corrected chi connectivity index (χ1v) is 11.1. The van der Waals surface area contributed by atoms with Crippen molar-refractivity contribution in [2.75, 3.05) is 11.5 Å². The van der Waals surface area contributed by atoms with E-state index in [1.54, 1.807) is 36.4 Å². The van der Waals surface area contributed by atoms with E-state index < -0.39 is 35.6 Å². The van der Waals surface area contributed by atoms with E-state index in [0.29, 0.717) is 11.3 Å². The van der Waals surface area contributed by atoms with Gasteiger partial charge >= 0.3 is 0 Å². The van der Waals surface area contributed by atoms with Crippen LogP contribution in [0.15, 0.2) is 53.0 Å². The van der Waals surface area contributed by atoms with Gasteiger partial charge in [-0.2, -0.15) is 0 Å². The lowest BCUT2D eigenvalue weighted by molar-refractivity contribution is -0.274. The van der Waals surface area contributed by atoms with Crippen molar-refractivity contribution < 1.29 is 29.6 Å². The summed E-state index contributed by atoms with van der Waals surface area (Å²) in [6.45, 7) is -0.375. The smallest absolute Gasteiger partial charge is 0.238 e. The molecular formula is C23H22BrNO6. The Morgan fingerprint density at radius 1 is 1.10 bits per heavy atom. The van der Waals surface area contributed by atoms with Crippen molar-refractivity contribution in [3.8, 4) is 5.75 Å². The van der Waals surface area contributed by atoms with Crippen LogP contribution < -0.4 is 4.90 Å². The average Bonchev–Trinajstić information content (AvgIpc) is 3.23. The van der Waals surface area contributed by atoms with Crippen LogP contribution in [0.2, 0.25) is 0 Å². The van der Waals surface area contributed by atoms with Crippen LogP contribution >= 0.6 is 15.9 Å². The minimum Gasteiger partial charge on any atom is -0.508 e. The summed E-state index contributed by atoms with van der Waals surface area (Å²) in [6, 6.07) is 13.7. The number of para-hydroxylation sites is 1. The van der Waals surface area contributed by atoms with Crippen molar-refractivity contribution >= 4 is 33.4 Å². The molecular weight excluding hydrogens is 466 g/mol. The molecule has 2 aromatic rings. The fraction of sp³-hybridized carbons (Fsp3) is 0.391. The van der Waals surface area contributed by atoms with Crippen LogP contribution in [-0.2, 0) is 14.3 Å². The number of phenolic OH excluding ortho intramolecular Hbond substituents is 1. The number of aliphatic hydroxyl groups excluding tert-OH is 1. The van der Waals surface area contributed by atoms with Gasteiger partial charge in [-0.1, -0.05) is 34.1 Å². The number of aliphatic hydroxyl groups is 2. The Bertz CT molecular complexity index is 1050. The predicted octanol–water partition coefficient (Wildman–Crippen LogP) is 2.74. The number of nitrogens with zero attached hydrogens (tertiary/aromatic N) is 1. The molecule has 0 spiro atoms. The molecule has 0 bridgehead atoms. The van der Waals surface area contributed by atoms with Crippen LogP contribution in [0.1, 0.15) is 24.5 Å². The van der Waals surface area contributed by atoms with Crippen molar-refractivity contribution in [3.63, 3.8) is 0 Å². The van der Waals surface area contributed by atoms with Crippen LogP contribution in [0, 0.1) is 23.7 Å². The van der Waals surface area contributed by atoms with Crippen molar-refractivity contribution in [2.45, 2.75) is 24.7 Å². The highest BCUT2D eigenvalue weighted by atomic mass is 79.9. The second-order valence-electron chi connectivity index (χ2n) is 8.50. The lowest BCUT2D eigenvalue weighted by atomic mass is 9.64. The van der Waals surface area contributed by atoms with Gasteiger partial charge < -0.3 is 20.1 Å². The summed E-state index contributed by atoms with van der Waals surface area (Å²) >= 11 is 3.38. The van der Waals surface area contributed by atoms with E-state index in [-0.39, 0.29) is 37.0 Å². The summed E-state index contributed by atoms with van der Waals surface area (Å²) in [5.74, 6) is -5.19. The number of aromatic hydroxyl groups is 1. The zero-order valence-electron chi connectivity index (χ0n) is 16.5. The Hall–Kier alpha value is -2.26. The Labute approximate surface area is 187 Å². The first-order chi connectivity index (χ1) is 14.8. The molecule has 1 aliphatic carbocycles. The quantitative estimate of drug-likeness (QED) is 0.574. The van der Waals surface area contributed by atoms with E-state index in [1.165, 1.54) is 11.0 Å². The molecule has 5 rings (SSSR count). The third-order valence-corrected chi connectivity index (χ3v) is 7.43. The normalized spacial score (nSPS) is 34.7. The van der Waals surface area contributed by atoms with Gasteiger partial charge in [-0.25, -0.2) is 0 Å². The number of imide groups is 1. The SMILES string of the molecule is O=C1[C@H]2[C@H](C[C@H](CO)[C@@]3(O)O[C@H](c4cc(Br)ccc4O)C[C@@H]23)C(=O)N1c1ccccc1. The summed E-state index contributed by atoms with van der Waals surface area (Å²) < 4.78 is 6.78. The number of carbonyl (C=O) groups is 2. The first kappa shape index (κ1) is 20.6. The van der Waals surface area contributed by atoms with Gasteiger partial charge in [0.15, 0.2) is 5.79 Å². The van der Waals surface area contributed by atoms with E-state index in [2.05, 4.69) is 15.9 Å². The van der Waals surface area contributed by atoms with Gasteiger partial charge in [0.25, 0.3) is 0 Å². The number of carbonyl (C=O) groups excluding carboxylic acids is 2. The van der Waals surface area contributed by atoms with Crippen LogP contribution in [0.25, 0.3) is 0 Å². The highest BCUT2D eigenvalue weighted by Gasteiger charge is 2.66. The Morgan fingerprint density at radius 3 is 2.55 bits per heavy atom. The van der Waals surface area contributed by atoms with Gasteiger partial charge in [0.1, 0.15) is 5.75 Å². The number of phenols is 1. The second-order valence-corrected chi connectivity index (χ2v) is 9.41. The van der Waals surface area contributed by atoms with Gasteiger partial charge in [-0.05, 0) is 43.2 Å². The van der Waals surface area contributed by atoms with Crippen molar-refractivity contribution in [1.29, 1.82) is 0 Å². The zero-order valence-corrected chi connectivity index (χ0v) is 18.1. The Morgan fingerprint density at radius 2 is 1.84 bits per heavy atom. The summed E-state index contributed by atoms with van der Waals surface area (Å²) in [6.07, 6.45) is -0.270. The Balaban J connectivity index is 1.54. The van der Waals surface area contributed by atoms with Gasteiger partial charge in [0.05, 0.1) is 30.2 Å². The van der Waals surface area contributed by atoms with Crippen molar-refractivity contribution in [1.82, 2.24) is 0 Å². The standard InChI is InChI=1S/C23H22BrNO6/c24-13-6-7-18(27)15(9-13)19-10-17-20-16(8-12(11-26)23(17,30)31-19)21(28)25(22(20)29)14-4-2-1-3-5-14/h1-7,9,12,16-17,19-20,26-27,30H,8,10-11H2/t12-,16+,17+,19+,20+,23-/m1/s1. The summed E-state index contributed by atoms with van der Waals surface area (Å²) in [5, 5.41) is 31.9. The number of rotatable bonds is 3. The molecule has 31 heavy (non-hydrogen) atoms. The molecule has 2 heterocycles.